The van der Waals surface area contributed by atoms with Crippen molar-refractivity contribution in [1.82, 2.24) is 4.98 Å². The summed E-state index contributed by atoms with van der Waals surface area (Å²) >= 11 is 0. The van der Waals surface area contributed by atoms with Crippen LogP contribution in [0, 0.1) is 0 Å². The van der Waals surface area contributed by atoms with Crippen LogP contribution in [0.5, 0.6) is 11.5 Å². The van der Waals surface area contributed by atoms with Gasteiger partial charge in [-0.2, -0.15) is 0 Å². The molecule has 0 atom stereocenters. The van der Waals surface area contributed by atoms with E-state index in [9.17, 15) is 4.79 Å². The number of ether oxygens (including phenoxy) is 2. The van der Waals surface area contributed by atoms with Crippen LogP contribution in [0.25, 0.3) is 22.0 Å². The maximum absolute atomic E-state index is 11.2. The average molecular weight is 297 g/mol. The molecule has 22 heavy (non-hydrogen) atoms. The molecule has 3 aromatic rings. The maximum atomic E-state index is 11.2. The molecule has 5 nitrogen and oxygen atoms in total. The Morgan fingerprint density at radius 3 is 2.55 bits per heavy atom. The molecule has 0 bridgehead atoms. The van der Waals surface area contributed by atoms with Crippen molar-refractivity contribution in [2.24, 2.45) is 0 Å². The number of hydrogen-bond donors (Lipinski definition) is 2. The van der Waals surface area contributed by atoms with E-state index in [1.165, 1.54) is 0 Å². The fraction of sp³-hybridized carbons (Fsp3) is 0.118. The van der Waals surface area contributed by atoms with Gasteiger partial charge in [0, 0.05) is 34.3 Å². The number of aromatic amines is 1. The average Bonchev–Trinajstić information content (AvgIpc) is 2.96. The highest BCUT2D eigenvalue weighted by Crippen LogP contribution is 2.37. The van der Waals surface area contributed by atoms with Crippen LogP contribution in [0.4, 0.5) is 0 Å². The number of hydrogen-bond acceptors (Lipinski definition) is 3. The van der Waals surface area contributed by atoms with Crippen LogP contribution in [0.3, 0.4) is 0 Å². The highest BCUT2D eigenvalue weighted by atomic mass is 16.5. The molecule has 2 N–H and O–H groups in total. The smallest absolute Gasteiger partial charge is 0.335 e. The fourth-order valence-electron chi connectivity index (χ4n) is 2.50. The molecule has 3 rings (SSSR count). The van der Waals surface area contributed by atoms with Gasteiger partial charge in [-0.25, -0.2) is 4.79 Å². The summed E-state index contributed by atoms with van der Waals surface area (Å²) in [7, 11) is 3.19. The number of carboxylic acids is 1. The minimum atomic E-state index is -0.948. The number of methoxy groups -OCH3 is 2. The number of rotatable bonds is 4. The first-order valence-corrected chi connectivity index (χ1v) is 6.71. The van der Waals surface area contributed by atoms with Gasteiger partial charge in [-0.05, 0) is 30.3 Å². The number of fused-ring (bicyclic) bond motifs is 1. The first-order chi connectivity index (χ1) is 10.6. The second-order valence-electron chi connectivity index (χ2n) is 4.83. The van der Waals surface area contributed by atoms with Gasteiger partial charge in [-0.15, -0.1) is 0 Å². The second kappa shape index (κ2) is 5.44. The predicted molar refractivity (Wildman–Crippen MR) is 83.8 cm³/mol. The first-order valence-electron chi connectivity index (χ1n) is 6.71. The van der Waals surface area contributed by atoms with E-state index in [1.54, 1.807) is 38.5 Å². The lowest BCUT2D eigenvalue weighted by atomic mass is 10.0. The van der Waals surface area contributed by atoms with E-state index in [-0.39, 0.29) is 5.56 Å². The van der Waals surface area contributed by atoms with Crippen LogP contribution in [0.2, 0.25) is 0 Å². The van der Waals surface area contributed by atoms with Crippen LogP contribution in [0.15, 0.2) is 42.6 Å². The number of carboxylic acid groups (broad SMARTS) is 1. The standard InChI is InChI=1S/C17H15NO4/c1-21-11-4-5-12(16(8-11)22-2)14-9-18-15-6-3-10(17(19)20)7-13(14)15/h3-9,18H,1-2H3,(H,19,20). The van der Waals surface area contributed by atoms with E-state index in [2.05, 4.69) is 4.98 Å². The lowest BCUT2D eigenvalue weighted by Gasteiger charge is -2.10. The van der Waals surface area contributed by atoms with E-state index in [0.717, 1.165) is 22.0 Å². The van der Waals surface area contributed by atoms with Gasteiger partial charge < -0.3 is 19.6 Å². The van der Waals surface area contributed by atoms with E-state index in [1.807, 2.05) is 18.3 Å². The van der Waals surface area contributed by atoms with E-state index >= 15 is 0 Å². The Morgan fingerprint density at radius 2 is 1.86 bits per heavy atom. The highest BCUT2D eigenvalue weighted by Gasteiger charge is 2.14. The molecule has 0 aliphatic rings. The fourth-order valence-corrected chi connectivity index (χ4v) is 2.50. The Morgan fingerprint density at radius 1 is 1.05 bits per heavy atom. The van der Waals surface area contributed by atoms with Crippen molar-refractivity contribution < 1.29 is 19.4 Å². The minimum absolute atomic E-state index is 0.251. The molecule has 1 aromatic heterocycles. The zero-order valence-corrected chi connectivity index (χ0v) is 12.2. The number of aromatic nitrogens is 1. The summed E-state index contributed by atoms with van der Waals surface area (Å²) in [6, 6.07) is 10.5. The molecular weight excluding hydrogens is 282 g/mol. The molecule has 0 unspecified atom stereocenters. The molecule has 0 aliphatic heterocycles. The third-order valence-electron chi connectivity index (χ3n) is 3.63. The Labute approximate surface area is 127 Å². The van der Waals surface area contributed by atoms with Gasteiger partial charge in [0.15, 0.2) is 0 Å². The van der Waals surface area contributed by atoms with Gasteiger partial charge in [-0.3, -0.25) is 0 Å². The topological polar surface area (TPSA) is 71.6 Å². The molecule has 0 saturated heterocycles. The molecular formula is C17H15NO4. The zero-order valence-electron chi connectivity index (χ0n) is 12.2. The monoisotopic (exact) mass is 297 g/mol. The quantitative estimate of drug-likeness (QED) is 0.772. The van der Waals surface area contributed by atoms with Gasteiger partial charge in [-0.1, -0.05) is 0 Å². The van der Waals surface area contributed by atoms with E-state index in [4.69, 9.17) is 14.6 Å². The zero-order chi connectivity index (χ0) is 15.7. The van der Waals surface area contributed by atoms with Gasteiger partial charge >= 0.3 is 5.97 Å². The van der Waals surface area contributed by atoms with E-state index < -0.39 is 5.97 Å². The summed E-state index contributed by atoms with van der Waals surface area (Å²) in [5.41, 5.74) is 2.88. The van der Waals surface area contributed by atoms with Gasteiger partial charge in [0.1, 0.15) is 11.5 Å². The summed E-state index contributed by atoms with van der Waals surface area (Å²) in [6.07, 6.45) is 1.85. The second-order valence-corrected chi connectivity index (χ2v) is 4.83. The van der Waals surface area contributed by atoms with Crippen molar-refractivity contribution in [2.45, 2.75) is 0 Å². The molecule has 0 amide bonds. The summed E-state index contributed by atoms with van der Waals surface area (Å²) in [5.74, 6) is 0.420. The minimum Gasteiger partial charge on any atom is -0.497 e. The van der Waals surface area contributed by atoms with Crippen LogP contribution >= 0.6 is 0 Å². The third kappa shape index (κ3) is 2.26. The van der Waals surface area contributed by atoms with Gasteiger partial charge in [0.05, 0.1) is 19.8 Å². The van der Waals surface area contributed by atoms with Crippen LogP contribution < -0.4 is 9.47 Å². The first kappa shape index (κ1) is 14.0. The number of nitrogens with one attached hydrogen (secondary N) is 1. The van der Waals surface area contributed by atoms with Crippen molar-refractivity contribution >= 4 is 16.9 Å². The summed E-state index contributed by atoms with van der Waals surface area (Å²) in [5, 5.41) is 10.00. The molecule has 0 fully saturated rings. The summed E-state index contributed by atoms with van der Waals surface area (Å²) in [4.78, 5) is 14.3. The SMILES string of the molecule is COc1ccc(-c2c[nH]c3ccc(C(=O)O)cc23)c(OC)c1. The molecule has 0 spiro atoms. The number of aromatic carboxylic acids is 1. The van der Waals surface area contributed by atoms with Gasteiger partial charge in [0.2, 0.25) is 0 Å². The van der Waals surface area contributed by atoms with Crippen molar-refractivity contribution in [3.8, 4) is 22.6 Å². The Balaban J connectivity index is 2.21. The van der Waals surface area contributed by atoms with Gasteiger partial charge in [0.25, 0.3) is 0 Å². The number of carbonyl (C=O) groups is 1. The molecule has 1 heterocycles. The Hall–Kier alpha value is -2.95. The molecule has 2 aromatic carbocycles. The normalized spacial score (nSPS) is 10.6. The van der Waals surface area contributed by atoms with Crippen LogP contribution in [0.1, 0.15) is 10.4 Å². The van der Waals surface area contributed by atoms with Crippen LogP contribution in [-0.2, 0) is 0 Å². The molecule has 0 aliphatic carbocycles. The number of H-pyrrole nitrogens is 1. The predicted octanol–water partition coefficient (Wildman–Crippen LogP) is 3.55. The van der Waals surface area contributed by atoms with Crippen molar-refractivity contribution in [1.29, 1.82) is 0 Å². The molecule has 0 saturated carbocycles. The Bertz CT molecular complexity index is 851. The highest BCUT2D eigenvalue weighted by molar-refractivity contribution is 6.01. The summed E-state index contributed by atoms with van der Waals surface area (Å²) < 4.78 is 10.6. The lowest BCUT2D eigenvalue weighted by molar-refractivity contribution is 0.0697. The largest absolute Gasteiger partial charge is 0.497 e. The Kier molecular flexibility index (Phi) is 3.47. The third-order valence-corrected chi connectivity index (χ3v) is 3.63. The number of benzene rings is 2. The lowest BCUT2D eigenvalue weighted by Crippen LogP contribution is -1.95. The maximum Gasteiger partial charge on any atom is 0.335 e. The molecule has 112 valence electrons. The molecule has 5 heteroatoms. The van der Waals surface area contributed by atoms with Crippen molar-refractivity contribution in [2.75, 3.05) is 14.2 Å². The van der Waals surface area contributed by atoms with Crippen LogP contribution in [-0.4, -0.2) is 30.3 Å². The van der Waals surface area contributed by atoms with Crippen molar-refractivity contribution in [3.63, 3.8) is 0 Å². The molecule has 0 radical (unpaired) electrons. The van der Waals surface area contributed by atoms with Crippen molar-refractivity contribution in [3.05, 3.63) is 48.2 Å². The summed E-state index contributed by atoms with van der Waals surface area (Å²) in [6.45, 7) is 0. The van der Waals surface area contributed by atoms with E-state index in [0.29, 0.717) is 11.5 Å².